The van der Waals surface area contributed by atoms with E-state index in [1.165, 1.54) is 5.56 Å². The van der Waals surface area contributed by atoms with Crippen molar-refractivity contribution in [3.63, 3.8) is 0 Å². The van der Waals surface area contributed by atoms with E-state index in [2.05, 4.69) is 29.2 Å². The zero-order valence-electron chi connectivity index (χ0n) is 14.2. The first-order valence-electron chi connectivity index (χ1n) is 8.75. The summed E-state index contributed by atoms with van der Waals surface area (Å²) >= 11 is 0. The Morgan fingerprint density at radius 2 is 2.04 bits per heavy atom. The van der Waals surface area contributed by atoms with Gasteiger partial charge in [0, 0.05) is 43.1 Å². The maximum absolute atomic E-state index is 9.91. The van der Waals surface area contributed by atoms with Gasteiger partial charge in [-0.25, -0.2) is 0 Å². The van der Waals surface area contributed by atoms with E-state index in [-0.39, 0.29) is 12.0 Å². The van der Waals surface area contributed by atoms with Crippen molar-refractivity contribution in [2.75, 3.05) is 32.9 Å². The molecule has 0 bridgehead atoms. The molecule has 0 unspecified atom stereocenters. The lowest BCUT2D eigenvalue weighted by Crippen LogP contribution is -2.41. The minimum atomic E-state index is 0.0455. The van der Waals surface area contributed by atoms with E-state index in [0.717, 1.165) is 56.4 Å². The molecule has 3 heterocycles. The maximum Gasteiger partial charge on any atom is 0.134 e. The first kappa shape index (κ1) is 15.9. The molecule has 4 heteroatoms. The maximum atomic E-state index is 9.91. The number of fused-ring (bicyclic) bond motifs is 1. The number of ether oxygens (including phenoxy) is 1. The van der Waals surface area contributed by atoms with Gasteiger partial charge in [0.1, 0.15) is 11.5 Å². The Morgan fingerprint density at radius 1 is 1.21 bits per heavy atom. The molecule has 4 rings (SSSR count). The van der Waals surface area contributed by atoms with E-state index in [0.29, 0.717) is 5.92 Å². The van der Waals surface area contributed by atoms with Crippen LogP contribution in [-0.2, 0) is 11.3 Å². The van der Waals surface area contributed by atoms with Crippen LogP contribution in [0.3, 0.4) is 0 Å². The third-order valence-corrected chi connectivity index (χ3v) is 5.65. The first-order chi connectivity index (χ1) is 11.7. The van der Waals surface area contributed by atoms with Crippen LogP contribution in [0.2, 0.25) is 0 Å². The summed E-state index contributed by atoms with van der Waals surface area (Å²) in [7, 11) is 0. The van der Waals surface area contributed by atoms with Gasteiger partial charge in [-0.1, -0.05) is 24.3 Å². The van der Waals surface area contributed by atoms with Gasteiger partial charge in [0.15, 0.2) is 0 Å². The third-order valence-electron chi connectivity index (χ3n) is 5.65. The second kappa shape index (κ2) is 6.36. The molecule has 2 atom stereocenters. The van der Waals surface area contributed by atoms with Gasteiger partial charge in [0.05, 0.1) is 13.2 Å². The Morgan fingerprint density at radius 3 is 2.71 bits per heavy atom. The molecule has 2 saturated heterocycles. The highest BCUT2D eigenvalue weighted by Crippen LogP contribution is 2.42. The van der Waals surface area contributed by atoms with Gasteiger partial charge >= 0.3 is 0 Å². The zero-order valence-corrected chi connectivity index (χ0v) is 14.2. The molecule has 24 heavy (non-hydrogen) atoms. The largest absolute Gasteiger partial charge is 0.461 e. The van der Waals surface area contributed by atoms with Gasteiger partial charge in [-0.2, -0.15) is 0 Å². The van der Waals surface area contributed by atoms with E-state index >= 15 is 0 Å². The number of aliphatic hydroxyl groups is 1. The lowest BCUT2D eigenvalue weighted by molar-refractivity contribution is -0.0417. The van der Waals surface area contributed by atoms with Crippen LogP contribution >= 0.6 is 0 Å². The highest BCUT2D eigenvalue weighted by molar-refractivity contribution is 5.57. The van der Waals surface area contributed by atoms with Crippen molar-refractivity contribution in [1.29, 1.82) is 0 Å². The molecule has 1 aromatic heterocycles. The second-order valence-corrected chi connectivity index (χ2v) is 7.32. The summed E-state index contributed by atoms with van der Waals surface area (Å²) in [6.07, 6.45) is 0.974. The molecular formula is C20H25NO3. The van der Waals surface area contributed by atoms with E-state index in [9.17, 15) is 5.11 Å². The van der Waals surface area contributed by atoms with Gasteiger partial charge < -0.3 is 14.3 Å². The van der Waals surface area contributed by atoms with Crippen LogP contribution < -0.4 is 0 Å². The van der Waals surface area contributed by atoms with Gasteiger partial charge in [0.25, 0.3) is 0 Å². The number of hydrogen-bond acceptors (Lipinski definition) is 4. The van der Waals surface area contributed by atoms with Crippen LogP contribution in [0.1, 0.15) is 17.7 Å². The lowest BCUT2D eigenvalue weighted by Gasteiger charge is -2.36. The average molecular weight is 327 g/mol. The molecule has 1 aromatic carbocycles. The number of nitrogens with zero attached hydrogens (tertiary/aromatic N) is 1. The van der Waals surface area contributed by atoms with E-state index in [1.54, 1.807) is 0 Å². The van der Waals surface area contributed by atoms with Crippen LogP contribution in [0.5, 0.6) is 0 Å². The van der Waals surface area contributed by atoms with Crippen molar-refractivity contribution < 1.29 is 14.3 Å². The molecule has 2 aliphatic heterocycles. The fourth-order valence-electron chi connectivity index (χ4n) is 4.16. The molecule has 0 amide bonds. The summed E-state index contributed by atoms with van der Waals surface area (Å²) < 4.78 is 11.3. The van der Waals surface area contributed by atoms with Crippen LogP contribution in [-0.4, -0.2) is 42.9 Å². The Balaban J connectivity index is 1.44. The average Bonchev–Trinajstić information content (AvgIpc) is 3.19. The van der Waals surface area contributed by atoms with Gasteiger partial charge in [-0.15, -0.1) is 0 Å². The summed E-state index contributed by atoms with van der Waals surface area (Å²) in [5.74, 6) is 2.31. The zero-order chi connectivity index (χ0) is 16.6. The van der Waals surface area contributed by atoms with E-state index in [1.807, 2.05) is 19.1 Å². The molecular weight excluding hydrogens is 302 g/mol. The second-order valence-electron chi connectivity index (χ2n) is 7.32. The number of aliphatic hydroxyl groups excluding tert-OH is 1. The summed E-state index contributed by atoms with van der Waals surface area (Å²) in [4.78, 5) is 2.46. The number of aryl methyl sites for hydroxylation is 1. The molecule has 2 aromatic rings. The van der Waals surface area contributed by atoms with E-state index in [4.69, 9.17) is 9.15 Å². The quantitative estimate of drug-likeness (QED) is 0.937. The molecule has 0 radical (unpaired) electrons. The highest BCUT2D eigenvalue weighted by Gasteiger charge is 2.47. The minimum Gasteiger partial charge on any atom is -0.461 e. The molecule has 0 saturated carbocycles. The molecule has 4 nitrogen and oxygen atoms in total. The van der Waals surface area contributed by atoms with Crippen LogP contribution in [0.4, 0.5) is 0 Å². The Kier molecular flexibility index (Phi) is 4.21. The SMILES string of the molecule is Cc1ccc(-c2ccc(CN3C[C@@H]4COCC[C@]4(CO)C3)cc2)o1. The summed E-state index contributed by atoms with van der Waals surface area (Å²) in [5, 5.41) is 9.91. The molecule has 2 fully saturated rings. The Hall–Kier alpha value is -1.62. The van der Waals surface area contributed by atoms with Crippen LogP contribution in [0.15, 0.2) is 40.8 Å². The monoisotopic (exact) mass is 327 g/mol. The van der Waals surface area contributed by atoms with Crippen LogP contribution in [0.25, 0.3) is 11.3 Å². The van der Waals surface area contributed by atoms with Crippen molar-refractivity contribution in [3.05, 3.63) is 47.7 Å². The van der Waals surface area contributed by atoms with Crippen molar-refractivity contribution in [2.45, 2.75) is 19.9 Å². The predicted octanol–water partition coefficient (Wildman–Crippen LogP) is 3.09. The summed E-state index contributed by atoms with van der Waals surface area (Å²) in [5.41, 5.74) is 2.46. The predicted molar refractivity (Wildman–Crippen MR) is 92.6 cm³/mol. The topological polar surface area (TPSA) is 45.8 Å². The van der Waals surface area contributed by atoms with Crippen molar-refractivity contribution in [3.8, 4) is 11.3 Å². The molecule has 128 valence electrons. The summed E-state index contributed by atoms with van der Waals surface area (Å²) in [6, 6.07) is 12.6. The van der Waals surface area contributed by atoms with Crippen LogP contribution in [0, 0.1) is 18.3 Å². The molecule has 0 aliphatic carbocycles. The minimum absolute atomic E-state index is 0.0455. The van der Waals surface area contributed by atoms with Gasteiger partial charge in [-0.3, -0.25) is 4.90 Å². The summed E-state index contributed by atoms with van der Waals surface area (Å²) in [6.45, 7) is 6.71. The van der Waals surface area contributed by atoms with Crippen molar-refractivity contribution in [1.82, 2.24) is 4.90 Å². The Labute approximate surface area is 143 Å². The van der Waals surface area contributed by atoms with Gasteiger partial charge in [-0.05, 0) is 31.0 Å². The molecule has 1 N–H and O–H groups in total. The number of likely N-dealkylation sites (tertiary alicyclic amines) is 1. The van der Waals surface area contributed by atoms with E-state index < -0.39 is 0 Å². The number of benzene rings is 1. The third kappa shape index (κ3) is 2.90. The van der Waals surface area contributed by atoms with Crippen molar-refractivity contribution >= 4 is 0 Å². The fraction of sp³-hybridized carbons (Fsp3) is 0.500. The number of furan rings is 1. The lowest BCUT2D eigenvalue weighted by atomic mass is 9.75. The first-order valence-corrected chi connectivity index (χ1v) is 8.75. The fourth-order valence-corrected chi connectivity index (χ4v) is 4.16. The normalized spacial score (nSPS) is 27.3. The smallest absolute Gasteiger partial charge is 0.134 e. The van der Waals surface area contributed by atoms with Gasteiger partial charge in [0.2, 0.25) is 0 Å². The Bertz CT molecular complexity index is 693. The number of rotatable bonds is 4. The standard InChI is InChI=1S/C20H25NO3/c1-15-2-7-19(24-15)17-5-3-16(4-6-17)10-21-11-18-12-23-9-8-20(18,13-21)14-22/h2-7,18,22H,8-14H2,1H3/t18-,20-/m1/s1. The highest BCUT2D eigenvalue weighted by atomic mass is 16.5. The number of hydrogen-bond donors (Lipinski definition) is 1. The molecule has 0 spiro atoms. The van der Waals surface area contributed by atoms with Crippen molar-refractivity contribution in [2.24, 2.45) is 11.3 Å². The molecule has 2 aliphatic rings.